The van der Waals surface area contributed by atoms with Gasteiger partial charge in [0.05, 0.1) is 11.3 Å². The Morgan fingerprint density at radius 1 is 1.26 bits per heavy atom. The van der Waals surface area contributed by atoms with Crippen LogP contribution in [0.5, 0.6) is 0 Å². The van der Waals surface area contributed by atoms with E-state index in [1.165, 1.54) is 51.5 Å². The van der Waals surface area contributed by atoms with Crippen molar-refractivity contribution in [2.75, 3.05) is 19.4 Å². The van der Waals surface area contributed by atoms with Crippen LogP contribution < -0.4 is 5.32 Å². The summed E-state index contributed by atoms with van der Waals surface area (Å²) in [6.45, 7) is 3.00. The van der Waals surface area contributed by atoms with Crippen LogP contribution in [-0.4, -0.2) is 44.8 Å². The molecule has 0 unspecified atom stereocenters. The third-order valence-electron chi connectivity index (χ3n) is 3.69. The highest BCUT2D eigenvalue weighted by Crippen LogP contribution is 2.27. The Bertz CT molecular complexity index is 968. The Balaban J connectivity index is 2.14. The van der Waals surface area contributed by atoms with Crippen molar-refractivity contribution in [1.29, 1.82) is 0 Å². The number of nitrogens with one attached hydrogen (secondary N) is 1. The summed E-state index contributed by atoms with van der Waals surface area (Å²) in [5.41, 5.74) is 0.424. The quantitative estimate of drug-likeness (QED) is 0.728. The van der Waals surface area contributed by atoms with E-state index in [0.29, 0.717) is 5.76 Å². The molecule has 0 saturated heterocycles. The van der Waals surface area contributed by atoms with Gasteiger partial charge >= 0.3 is 5.97 Å². The normalized spacial score (nSPS) is 12.7. The second-order valence-electron chi connectivity index (χ2n) is 5.86. The predicted octanol–water partition coefficient (Wildman–Crippen LogP) is 2.68. The molecule has 1 aromatic heterocycles. The highest BCUT2D eigenvalue weighted by atomic mass is 35.5. The van der Waals surface area contributed by atoms with Crippen LogP contribution in [-0.2, 0) is 19.6 Å². The second-order valence-corrected chi connectivity index (χ2v) is 8.39. The summed E-state index contributed by atoms with van der Waals surface area (Å²) >= 11 is 5.97. The first-order chi connectivity index (χ1) is 12.5. The van der Waals surface area contributed by atoms with Gasteiger partial charge in [-0.1, -0.05) is 11.6 Å². The maximum atomic E-state index is 12.3. The lowest BCUT2D eigenvalue weighted by atomic mass is 10.2. The molecule has 1 amide bonds. The number of carbonyl (C=O) groups is 2. The molecule has 0 bridgehead atoms. The maximum Gasteiger partial charge on any atom is 0.342 e. The van der Waals surface area contributed by atoms with Crippen LogP contribution in [0, 0.1) is 6.92 Å². The molecule has 1 aromatic carbocycles. The van der Waals surface area contributed by atoms with Crippen molar-refractivity contribution in [1.82, 2.24) is 4.31 Å². The van der Waals surface area contributed by atoms with E-state index in [9.17, 15) is 18.0 Å². The number of amides is 1. The standard InChI is InChI=1S/C17H19ClN2O6S/c1-10-13(7-8-25-10)17(22)26-11(2)16(21)19-12-5-6-14(18)15(9-12)27(23,24)20(3)4/h5-9,11H,1-4H3,(H,19,21)/t11-/m0/s1. The Kier molecular flexibility index (Phi) is 6.30. The third-order valence-corrected chi connectivity index (χ3v) is 5.99. The van der Waals surface area contributed by atoms with Crippen LogP contribution in [0.4, 0.5) is 5.69 Å². The number of sulfonamides is 1. The molecule has 1 N–H and O–H groups in total. The van der Waals surface area contributed by atoms with Crippen LogP contribution in [0.1, 0.15) is 23.0 Å². The number of esters is 1. The number of hydrogen-bond acceptors (Lipinski definition) is 6. The van der Waals surface area contributed by atoms with E-state index in [2.05, 4.69) is 5.32 Å². The first-order valence-corrected chi connectivity index (χ1v) is 9.64. The van der Waals surface area contributed by atoms with Gasteiger partial charge in [-0.2, -0.15) is 0 Å². The van der Waals surface area contributed by atoms with E-state index in [1.807, 2.05) is 0 Å². The Morgan fingerprint density at radius 3 is 2.48 bits per heavy atom. The minimum Gasteiger partial charge on any atom is -0.469 e. The van der Waals surface area contributed by atoms with Crippen LogP contribution in [0.3, 0.4) is 0 Å². The molecular weight excluding hydrogens is 396 g/mol. The second kappa shape index (κ2) is 8.12. The number of furan rings is 1. The number of hydrogen-bond donors (Lipinski definition) is 1. The molecule has 27 heavy (non-hydrogen) atoms. The van der Waals surface area contributed by atoms with Gasteiger partial charge in [0.15, 0.2) is 6.10 Å². The van der Waals surface area contributed by atoms with Crippen molar-refractivity contribution in [3.63, 3.8) is 0 Å². The van der Waals surface area contributed by atoms with Gasteiger partial charge in [-0.15, -0.1) is 0 Å². The fraction of sp³-hybridized carbons (Fsp3) is 0.294. The minimum absolute atomic E-state index is 0.0246. The zero-order valence-electron chi connectivity index (χ0n) is 15.1. The average Bonchev–Trinajstić information content (AvgIpc) is 3.02. The van der Waals surface area contributed by atoms with Crippen molar-refractivity contribution < 1.29 is 27.2 Å². The van der Waals surface area contributed by atoms with E-state index in [-0.39, 0.29) is 21.2 Å². The topological polar surface area (TPSA) is 106 Å². The van der Waals surface area contributed by atoms with Gasteiger partial charge in [0.2, 0.25) is 10.0 Å². The molecule has 0 saturated carbocycles. The molecule has 0 fully saturated rings. The Morgan fingerprint density at radius 2 is 1.93 bits per heavy atom. The third kappa shape index (κ3) is 4.68. The van der Waals surface area contributed by atoms with E-state index in [4.69, 9.17) is 20.8 Å². The van der Waals surface area contributed by atoms with Gasteiger partial charge in [0.25, 0.3) is 5.91 Å². The van der Waals surface area contributed by atoms with Gasteiger partial charge < -0.3 is 14.5 Å². The smallest absolute Gasteiger partial charge is 0.342 e. The zero-order chi connectivity index (χ0) is 20.4. The summed E-state index contributed by atoms with van der Waals surface area (Å²) < 4.78 is 35.7. The Labute approximate surface area is 162 Å². The molecule has 0 aliphatic heterocycles. The molecule has 0 aliphatic rings. The predicted molar refractivity (Wildman–Crippen MR) is 99.3 cm³/mol. The van der Waals surface area contributed by atoms with E-state index in [1.54, 1.807) is 6.92 Å². The molecule has 0 radical (unpaired) electrons. The van der Waals surface area contributed by atoms with Crippen molar-refractivity contribution in [3.05, 3.63) is 46.9 Å². The molecule has 146 valence electrons. The molecule has 2 rings (SSSR count). The number of benzene rings is 1. The fourth-order valence-corrected chi connectivity index (χ4v) is 3.49. The monoisotopic (exact) mass is 414 g/mol. The number of rotatable bonds is 6. The fourth-order valence-electron chi connectivity index (χ4n) is 2.09. The van der Waals surface area contributed by atoms with E-state index < -0.39 is 28.0 Å². The van der Waals surface area contributed by atoms with Gasteiger partial charge in [-0.05, 0) is 38.1 Å². The molecule has 8 nitrogen and oxygen atoms in total. The van der Waals surface area contributed by atoms with Crippen LogP contribution >= 0.6 is 11.6 Å². The summed E-state index contributed by atoms with van der Waals surface area (Å²) in [6, 6.07) is 5.49. The first kappa shape index (κ1) is 20.9. The van der Waals surface area contributed by atoms with Crippen LogP contribution in [0.25, 0.3) is 0 Å². The first-order valence-electron chi connectivity index (χ1n) is 7.82. The van der Waals surface area contributed by atoms with Crippen LogP contribution in [0.15, 0.2) is 39.8 Å². The van der Waals surface area contributed by atoms with Crippen LogP contribution in [0.2, 0.25) is 5.02 Å². The van der Waals surface area contributed by atoms with Crippen molar-refractivity contribution in [3.8, 4) is 0 Å². The highest BCUT2D eigenvalue weighted by Gasteiger charge is 2.24. The number of nitrogens with zero attached hydrogens (tertiary/aromatic N) is 1. The lowest BCUT2D eigenvalue weighted by Crippen LogP contribution is -2.30. The van der Waals surface area contributed by atoms with Crippen molar-refractivity contribution in [2.45, 2.75) is 24.8 Å². The molecule has 10 heteroatoms. The van der Waals surface area contributed by atoms with Crippen molar-refractivity contribution in [2.24, 2.45) is 0 Å². The molecule has 1 heterocycles. The number of halogens is 1. The summed E-state index contributed by atoms with van der Waals surface area (Å²) in [4.78, 5) is 24.2. The molecule has 2 aromatic rings. The zero-order valence-corrected chi connectivity index (χ0v) is 16.7. The summed E-state index contributed by atoms with van der Waals surface area (Å²) in [5, 5.41) is 2.53. The summed E-state index contributed by atoms with van der Waals surface area (Å²) in [5.74, 6) is -0.945. The molecular formula is C17H19ClN2O6S. The largest absolute Gasteiger partial charge is 0.469 e. The average molecular weight is 415 g/mol. The maximum absolute atomic E-state index is 12.3. The van der Waals surface area contributed by atoms with Gasteiger partial charge in [0, 0.05) is 19.8 Å². The lowest BCUT2D eigenvalue weighted by Gasteiger charge is -2.16. The highest BCUT2D eigenvalue weighted by molar-refractivity contribution is 7.89. The minimum atomic E-state index is -3.79. The van der Waals surface area contributed by atoms with Gasteiger partial charge in [-0.3, -0.25) is 4.79 Å². The Hall–Kier alpha value is -2.36. The molecule has 1 atom stereocenters. The van der Waals surface area contributed by atoms with Gasteiger partial charge in [-0.25, -0.2) is 17.5 Å². The number of carbonyl (C=O) groups excluding carboxylic acids is 2. The number of ether oxygens (including phenoxy) is 1. The number of anilines is 1. The van der Waals surface area contributed by atoms with E-state index in [0.717, 1.165) is 4.31 Å². The van der Waals surface area contributed by atoms with E-state index >= 15 is 0 Å². The SMILES string of the molecule is Cc1occc1C(=O)O[C@@H](C)C(=O)Nc1ccc(Cl)c(S(=O)(=O)N(C)C)c1. The summed E-state index contributed by atoms with van der Waals surface area (Å²) in [6.07, 6.45) is 0.230. The lowest BCUT2D eigenvalue weighted by molar-refractivity contribution is -0.123. The molecule has 0 aliphatic carbocycles. The summed E-state index contributed by atoms with van der Waals surface area (Å²) in [7, 11) is -1.04. The molecule has 0 spiro atoms. The number of aryl methyl sites for hydroxylation is 1. The van der Waals surface area contributed by atoms with Gasteiger partial charge in [0.1, 0.15) is 16.2 Å². The van der Waals surface area contributed by atoms with Crippen molar-refractivity contribution >= 4 is 39.2 Å².